The van der Waals surface area contributed by atoms with Gasteiger partial charge in [0.05, 0.1) is 16.7 Å². The Balaban J connectivity index is 3.16. The van der Waals surface area contributed by atoms with E-state index in [1.807, 2.05) is 0 Å². The van der Waals surface area contributed by atoms with Gasteiger partial charge in [-0.2, -0.15) is 0 Å². The van der Waals surface area contributed by atoms with Crippen molar-refractivity contribution in [1.82, 2.24) is 0 Å². The maximum absolute atomic E-state index is 13.4. The molecule has 0 heterocycles. The maximum atomic E-state index is 13.4. The van der Waals surface area contributed by atoms with Crippen LogP contribution in [-0.2, 0) is 0 Å². The molecule has 64 valence electrons. The molecule has 0 atom stereocenters. The second-order valence-corrected chi connectivity index (χ2v) is 2.85. The van der Waals surface area contributed by atoms with Crippen LogP contribution in [0.25, 0.3) is 0 Å². The van der Waals surface area contributed by atoms with Crippen LogP contribution in [-0.4, -0.2) is 13.3 Å². The summed E-state index contributed by atoms with van der Waals surface area (Å²) in [7, 11) is -2.74. The van der Waals surface area contributed by atoms with E-state index >= 15 is 0 Å². The first kappa shape index (κ1) is 5.70. The number of carbonyl (C=O) groups excluding carboxylic acids is 1. The predicted molar refractivity (Wildman–Crippen MR) is 46.0 cm³/mol. The van der Waals surface area contributed by atoms with Gasteiger partial charge in [0, 0.05) is 4.47 Å². The third kappa shape index (κ3) is 1.48. The fourth-order valence-electron chi connectivity index (χ4n) is 0.736. The van der Waals surface area contributed by atoms with Crippen molar-refractivity contribution in [2.75, 3.05) is 7.04 Å². The third-order valence-electron chi connectivity index (χ3n) is 1.32. The van der Waals surface area contributed by atoms with Gasteiger partial charge in [0.25, 0.3) is 0 Å². The van der Waals surface area contributed by atoms with Gasteiger partial charge in [-0.3, -0.25) is 4.79 Å². The SMILES string of the molecule is [2H]C([2H])([2H])Oc1ccc(Br)c(C=O)c1F. The van der Waals surface area contributed by atoms with Crippen LogP contribution in [0.5, 0.6) is 5.75 Å². The largest absolute Gasteiger partial charge is 0.494 e. The van der Waals surface area contributed by atoms with Crippen LogP contribution in [0, 0.1) is 5.82 Å². The molecular weight excluding hydrogens is 227 g/mol. The molecule has 1 aromatic rings. The summed E-state index contributed by atoms with van der Waals surface area (Å²) in [5, 5.41) is 0. The van der Waals surface area contributed by atoms with Crippen molar-refractivity contribution >= 4 is 22.2 Å². The summed E-state index contributed by atoms with van der Waals surface area (Å²) >= 11 is 2.95. The van der Waals surface area contributed by atoms with Gasteiger partial charge < -0.3 is 4.74 Å². The van der Waals surface area contributed by atoms with Gasteiger partial charge in [0.15, 0.2) is 17.9 Å². The highest BCUT2D eigenvalue weighted by Crippen LogP contribution is 2.25. The molecule has 0 aliphatic heterocycles. The Morgan fingerprint density at radius 3 is 3.08 bits per heavy atom. The molecule has 0 spiro atoms. The Morgan fingerprint density at radius 1 is 1.75 bits per heavy atom. The molecule has 0 aliphatic carbocycles. The van der Waals surface area contributed by atoms with Crippen molar-refractivity contribution in [3.05, 3.63) is 28.0 Å². The lowest BCUT2D eigenvalue weighted by Crippen LogP contribution is -1.94. The molecule has 2 nitrogen and oxygen atoms in total. The van der Waals surface area contributed by atoms with Crippen molar-refractivity contribution in [3.63, 3.8) is 0 Å². The monoisotopic (exact) mass is 235 g/mol. The number of carbonyl (C=O) groups is 1. The first-order chi connectivity index (χ1) is 6.85. The molecule has 0 unspecified atom stereocenters. The normalized spacial score (nSPS) is 14.3. The van der Waals surface area contributed by atoms with E-state index < -0.39 is 18.6 Å². The summed E-state index contributed by atoms with van der Waals surface area (Å²) in [6.07, 6.45) is 0.284. The highest BCUT2D eigenvalue weighted by molar-refractivity contribution is 9.10. The molecule has 0 aliphatic rings. The number of halogens is 2. The Labute approximate surface area is 81.7 Å². The van der Waals surface area contributed by atoms with Gasteiger partial charge >= 0.3 is 0 Å². The summed E-state index contributed by atoms with van der Waals surface area (Å²) in [5.41, 5.74) is -0.267. The summed E-state index contributed by atoms with van der Waals surface area (Å²) < 4.78 is 38.4. The Kier molecular flexibility index (Phi) is 1.74. The van der Waals surface area contributed by atoms with E-state index in [4.69, 9.17) is 4.11 Å². The number of hydrogen-bond donors (Lipinski definition) is 0. The van der Waals surface area contributed by atoms with Crippen LogP contribution < -0.4 is 4.74 Å². The zero-order valence-corrected chi connectivity index (χ0v) is 7.39. The van der Waals surface area contributed by atoms with E-state index in [1.54, 1.807) is 0 Å². The maximum Gasteiger partial charge on any atom is 0.176 e. The Hall–Kier alpha value is -0.900. The molecule has 4 heteroatoms. The molecule has 0 saturated carbocycles. The van der Waals surface area contributed by atoms with Crippen LogP contribution >= 0.6 is 15.9 Å². The van der Waals surface area contributed by atoms with Crippen LogP contribution in [0.1, 0.15) is 14.5 Å². The van der Waals surface area contributed by atoms with Crippen molar-refractivity contribution in [1.29, 1.82) is 0 Å². The molecule has 1 rings (SSSR count). The van der Waals surface area contributed by atoms with E-state index in [0.29, 0.717) is 0 Å². The third-order valence-corrected chi connectivity index (χ3v) is 2.01. The molecule has 0 fully saturated rings. The zero-order valence-electron chi connectivity index (χ0n) is 8.80. The smallest absolute Gasteiger partial charge is 0.176 e. The number of ether oxygens (including phenoxy) is 1. The number of benzene rings is 1. The van der Waals surface area contributed by atoms with Crippen LogP contribution in [0.4, 0.5) is 4.39 Å². The van der Waals surface area contributed by atoms with E-state index in [-0.39, 0.29) is 16.3 Å². The summed E-state index contributed by atoms with van der Waals surface area (Å²) in [6, 6.07) is 2.48. The quantitative estimate of drug-likeness (QED) is 0.737. The molecule has 12 heavy (non-hydrogen) atoms. The van der Waals surface area contributed by atoms with Crippen molar-refractivity contribution in [2.45, 2.75) is 0 Å². The van der Waals surface area contributed by atoms with E-state index in [9.17, 15) is 9.18 Å². The topological polar surface area (TPSA) is 26.3 Å². The predicted octanol–water partition coefficient (Wildman–Crippen LogP) is 2.41. The summed E-state index contributed by atoms with van der Waals surface area (Å²) in [4.78, 5) is 10.5. The molecule has 0 N–H and O–H groups in total. The minimum Gasteiger partial charge on any atom is -0.494 e. The lowest BCUT2D eigenvalue weighted by Gasteiger charge is -2.03. The minimum absolute atomic E-state index is 0.243. The van der Waals surface area contributed by atoms with Crippen LogP contribution in [0.3, 0.4) is 0 Å². The summed E-state index contributed by atoms with van der Waals surface area (Å²) in [6.45, 7) is 0. The van der Waals surface area contributed by atoms with Crippen molar-refractivity contribution in [3.8, 4) is 5.75 Å². The van der Waals surface area contributed by atoms with Gasteiger partial charge in [0.1, 0.15) is 0 Å². The first-order valence-corrected chi connectivity index (χ1v) is 3.76. The molecule has 0 bridgehead atoms. The van der Waals surface area contributed by atoms with Gasteiger partial charge in [-0.25, -0.2) is 4.39 Å². The van der Waals surface area contributed by atoms with Gasteiger partial charge in [0.2, 0.25) is 0 Å². The average Bonchev–Trinajstić information content (AvgIpc) is 2.09. The number of aldehydes is 1. The number of hydrogen-bond acceptors (Lipinski definition) is 2. The Morgan fingerprint density at radius 2 is 2.50 bits per heavy atom. The van der Waals surface area contributed by atoms with E-state index in [1.165, 1.54) is 6.07 Å². The van der Waals surface area contributed by atoms with E-state index in [0.717, 1.165) is 6.07 Å². The molecule has 0 amide bonds. The van der Waals surface area contributed by atoms with Crippen molar-refractivity contribution < 1.29 is 18.0 Å². The molecule has 1 aromatic carbocycles. The lowest BCUT2D eigenvalue weighted by atomic mass is 10.2. The highest BCUT2D eigenvalue weighted by Gasteiger charge is 2.10. The summed E-state index contributed by atoms with van der Waals surface area (Å²) in [5.74, 6) is -1.46. The molecule has 0 radical (unpaired) electrons. The van der Waals surface area contributed by atoms with E-state index in [2.05, 4.69) is 20.7 Å². The van der Waals surface area contributed by atoms with Crippen LogP contribution in [0.2, 0.25) is 0 Å². The van der Waals surface area contributed by atoms with Crippen LogP contribution in [0.15, 0.2) is 16.6 Å². The number of rotatable bonds is 2. The van der Waals surface area contributed by atoms with Gasteiger partial charge in [-0.05, 0) is 28.1 Å². The molecular formula is C8H6BrFO2. The van der Waals surface area contributed by atoms with Crippen molar-refractivity contribution in [2.24, 2.45) is 0 Å². The standard InChI is InChI=1S/C8H6BrFO2/c1-12-7-3-2-6(9)5(4-11)8(7)10/h2-4H,1H3/i1D3. The fraction of sp³-hybridized carbons (Fsp3) is 0.125. The van der Waals surface area contributed by atoms with Gasteiger partial charge in [-0.1, -0.05) is 0 Å². The molecule has 0 saturated heterocycles. The second-order valence-electron chi connectivity index (χ2n) is 1.99. The first-order valence-electron chi connectivity index (χ1n) is 4.47. The zero-order chi connectivity index (χ0) is 11.6. The van der Waals surface area contributed by atoms with Gasteiger partial charge in [-0.15, -0.1) is 0 Å². The highest BCUT2D eigenvalue weighted by atomic mass is 79.9. The second kappa shape index (κ2) is 3.67. The minimum atomic E-state index is -2.74. The Bertz CT molecular complexity index is 392. The fourth-order valence-corrected chi connectivity index (χ4v) is 1.14. The lowest BCUT2D eigenvalue weighted by molar-refractivity contribution is 0.111. The number of methoxy groups -OCH3 is 1. The average molecular weight is 236 g/mol. The molecule has 0 aromatic heterocycles.